The second-order valence-electron chi connectivity index (χ2n) is 10.8. The van der Waals surface area contributed by atoms with Gasteiger partial charge >= 0.3 is 0 Å². The van der Waals surface area contributed by atoms with E-state index in [4.69, 9.17) is 17.2 Å². The number of hydrogen-bond acceptors (Lipinski definition) is 4. The van der Waals surface area contributed by atoms with Crippen LogP contribution in [-0.4, -0.2) is 42.3 Å². The number of amides is 3. The van der Waals surface area contributed by atoms with E-state index in [9.17, 15) is 14.4 Å². The second-order valence-corrected chi connectivity index (χ2v) is 10.8. The molecule has 9 nitrogen and oxygen atoms in total. The van der Waals surface area contributed by atoms with Gasteiger partial charge in [-0.05, 0) is 25.7 Å². The van der Waals surface area contributed by atoms with E-state index in [-0.39, 0.29) is 11.9 Å². The molecule has 0 aliphatic heterocycles. The molecule has 39 heavy (non-hydrogen) atoms. The molecule has 0 bridgehead atoms. The second kappa shape index (κ2) is 25.9. The maximum atomic E-state index is 12.6. The van der Waals surface area contributed by atoms with Crippen molar-refractivity contribution in [3.8, 4) is 0 Å². The highest BCUT2D eigenvalue weighted by Crippen LogP contribution is 2.14. The summed E-state index contributed by atoms with van der Waals surface area (Å²) in [7, 11) is 0. The average molecular weight is 553 g/mol. The molecule has 0 aliphatic carbocycles. The van der Waals surface area contributed by atoms with Gasteiger partial charge in [0.2, 0.25) is 17.7 Å². The molecule has 0 spiro atoms. The van der Waals surface area contributed by atoms with Gasteiger partial charge in [0.1, 0.15) is 12.1 Å². The van der Waals surface area contributed by atoms with Gasteiger partial charge in [-0.3, -0.25) is 19.4 Å². The van der Waals surface area contributed by atoms with Crippen molar-refractivity contribution in [3.63, 3.8) is 0 Å². The summed E-state index contributed by atoms with van der Waals surface area (Å²) in [6, 6.07) is -1.52. The number of nitrogens with zero attached hydrogens (tertiary/aromatic N) is 1. The fraction of sp³-hybridized carbons (Fsp3) is 0.867. The Morgan fingerprint density at radius 3 is 1.49 bits per heavy atom. The van der Waals surface area contributed by atoms with Crippen LogP contribution in [0.4, 0.5) is 0 Å². The van der Waals surface area contributed by atoms with Crippen molar-refractivity contribution in [1.82, 2.24) is 10.6 Å². The van der Waals surface area contributed by atoms with Crippen LogP contribution in [0.2, 0.25) is 0 Å². The molecule has 0 rings (SSSR count). The van der Waals surface area contributed by atoms with E-state index >= 15 is 0 Å². The van der Waals surface area contributed by atoms with E-state index in [1.165, 1.54) is 89.9 Å². The van der Waals surface area contributed by atoms with Crippen molar-refractivity contribution in [2.45, 2.75) is 161 Å². The normalized spacial score (nSPS) is 12.5. The predicted octanol–water partition coefficient (Wildman–Crippen LogP) is 4.95. The lowest BCUT2D eigenvalue weighted by Crippen LogP contribution is -2.52. The molecule has 228 valence electrons. The Labute approximate surface area is 238 Å². The summed E-state index contributed by atoms with van der Waals surface area (Å²) in [4.78, 5) is 40.5. The minimum atomic E-state index is -0.831. The molecular weight excluding hydrogens is 492 g/mol. The van der Waals surface area contributed by atoms with Gasteiger partial charge in [-0.2, -0.15) is 0 Å². The minimum absolute atomic E-state index is 0.0250. The van der Waals surface area contributed by atoms with Crippen LogP contribution >= 0.6 is 0 Å². The Morgan fingerprint density at radius 1 is 0.615 bits per heavy atom. The maximum Gasteiger partial charge on any atom is 0.243 e. The van der Waals surface area contributed by atoms with Crippen molar-refractivity contribution in [2.75, 3.05) is 6.54 Å². The van der Waals surface area contributed by atoms with Gasteiger partial charge in [0.05, 0.1) is 0 Å². The van der Waals surface area contributed by atoms with Crippen LogP contribution in [0.1, 0.15) is 149 Å². The van der Waals surface area contributed by atoms with Crippen LogP contribution in [0.3, 0.4) is 0 Å². The fourth-order valence-electron chi connectivity index (χ4n) is 4.69. The third-order valence-corrected chi connectivity index (χ3v) is 7.17. The molecule has 3 amide bonds. The molecule has 0 aromatic rings. The summed E-state index contributed by atoms with van der Waals surface area (Å²) < 4.78 is 0. The first-order valence-electron chi connectivity index (χ1n) is 15.8. The first kappa shape index (κ1) is 36.7. The van der Waals surface area contributed by atoms with E-state index in [0.717, 1.165) is 19.3 Å². The molecule has 0 saturated heterocycles. The summed E-state index contributed by atoms with van der Waals surface area (Å²) in [5.74, 6) is -1.19. The molecule has 0 radical (unpaired) electrons. The topological polar surface area (TPSA) is 166 Å². The first-order chi connectivity index (χ1) is 18.8. The van der Waals surface area contributed by atoms with Crippen LogP contribution in [0.25, 0.3) is 0 Å². The lowest BCUT2D eigenvalue weighted by molar-refractivity contribution is -0.131. The molecule has 0 aromatic heterocycles. The number of rotatable bonds is 27. The first-order valence-corrected chi connectivity index (χ1v) is 15.8. The Morgan fingerprint density at radius 2 is 1.08 bits per heavy atom. The van der Waals surface area contributed by atoms with Crippen molar-refractivity contribution in [1.29, 1.82) is 0 Å². The van der Waals surface area contributed by atoms with E-state index in [2.05, 4.69) is 22.5 Å². The van der Waals surface area contributed by atoms with Crippen molar-refractivity contribution < 1.29 is 14.4 Å². The van der Waals surface area contributed by atoms with Crippen LogP contribution in [0.5, 0.6) is 0 Å². The Bertz CT molecular complexity index is 667. The average Bonchev–Trinajstić information content (AvgIpc) is 2.90. The van der Waals surface area contributed by atoms with Crippen molar-refractivity contribution in [2.24, 2.45) is 22.2 Å². The summed E-state index contributed by atoms with van der Waals surface area (Å²) in [6.45, 7) is 4.43. The van der Waals surface area contributed by atoms with Gasteiger partial charge in [0, 0.05) is 13.0 Å². The van der Waals surface area contributed by atoms with Crippen LogP contribution in [0.15, 0.2) is 4.99 Å². The van der Waals surface area contributed by atoms with E-state index in [1.54, 1.807) is 0 Å². The standard InChI is InChI=1S/C30H60N6O3/c1-3-5-6-7-8-9-10-11-12-13-14-15-16-17-18-19-20-23-27(37)35-25(4-2)29(39)36-26(28(31)38)22-21-24-34-30(32)33/h25-26H,3-24H2,1-2H3,(H2,31,38)(H,35,37)(H,36,39)(H4,32,33,34)/t25-,26-/m0/s1. The molecule has 0 aromatic carbocycles. The molecule has 0 heterocycles. The van der Waals surface area contributed by atoms with Gasteiger partial charge in [0.15, 0.2) is 5.96 Å². The number of nitrogens with one attached hydrogen (secondary N) is 2. The Hall–Kier alpha value is -2.32. The number of guanidine groups is 1. The Kier molecular flexibility index (Phi) is 24.4. The molecule has 0 unspecified atom stereocenters. The monoisotopic (exact) mass is 552 g/mol. The molecular formula is C30H60N6O3. The lowest BCUT2D eigenvalue weighted by Gasteiger charge is -2.21. The number of carbonyl (C=O) groups is 3. The van der Waals surface area contributed by atoms with Gasteiger partial charge in [0.25, 0.3) is 0 Å². The lowest BCUT2D eigenvalue weighted by atomic mass is 10.0. The number of nitrogens with two attached hydrogens (primary N) is 3. The molecule has 0 saturated carbocycles. The summed E-state index contributed by atoms with van der Waals surface area (Å²) in [6.07, 6.45) is 23.7. The highest BCUT2D eigenvalue weighted by atomic mass is 16.2. The number of hydrogen-bond donors (Lipinski definition) is 5. The third kappa shape index (κ3) is 23.3. The Balaban J connectivity index is 3.83. The largest absolute Gasteiger partial charge is 0.370 e. The van der Waals surface area contributed by atoms with Crippen LogP contribution in [-0.2, 0) is 14.4 Å². The van der Waals surface area contributed by atoms with Gasteiger partial charge in [-0.15, -0.1) is 0 Å². The third-order valence-electron chi connectivity index (χ3n) is 7.17. The molecule has 0 fully saturated rings. The van der Waals surface area contributed by atoms with E-state index < -0.39 is 23.9 Å². The molecule has 9 heteroatoms. The van der Waals surface area contributed by atoms with Gasteiger partial charge in [-0.25, -0.2) is 0 Å². The summed E-state index contributed by atoms with van der Waals surface area (Å²) in [5, 5.41) is 5.44. The number of unbranched alkanes of at least 4 members (excludes halogenated alkanes) is 16. The van der Waals surface area contributed by atoms with E-state index in [0.29, 0.717) is 32.2 Å². The summed E-state index contributed by atoms with van der Waals surface area (Å²) in [5.41, 5.74) is 16.0. The minimum Gasteiger partial charge on any atom is -0.370 e. The quantitative estimate of drug-likeness (QED) is 0.0552. The zero-order valence-electron chi connectivity index (χ0n) is 25.1. The zero-order valence-corrected chi connectivity index (χ0v) is 25.1. The van der Waals surface area contributed by atoms with Gasteiger partial charge in [-0.1, -0.05) is 117 Å². The summed E-state index contributed by atoms with van der Waals surface area (Å²) >= 11 is 0. The molecule has 0 aliphatic rings. The fourth-order valence-corrected chi connectivity index (χ4v) is 4.69. The predicted molar refractivity (Wildman–Crippen MR) is 162 cm³/mol. The number of carbonyl (C=O) groups excluding carboxylic acids is 3. The molecule has 8 N–H and O–H groups in total. The van der Waals surface area contributed by atoms with Crippen LogP contribution in [0, 0.1) is 0 Å². The zero-order chi connectivity index (χ0) is 29.1. The highest BCUT2D eigenvalue weighted by Gasteiger charge is 2.24. The van der Waals surface area contributed by atoms with Crippen molar-refractivity contribution >= 4 is 23.7 Å². The van der Waals surface area contributed by atoms with Crippen LogP contribution < -0.4 is 27.8 Å². The SMILES string of the molecule is CCCCCCCCCCCCCCCCCCCC(=O)N[C@@H](CC)C(=O)N[C@@H](CCCN=C(N)N)C(N)=O. The highest BCUT2D eigenvalue weighted by molar-refractivity contribution is 5.91. The smallest absolute Gasteiger partial charge is 0.243 e. The van der Waals surface area contributed by atoms with E-state index in [1.807, 2.05) is 6.92 Å². The number of primary amides is 1. The maximum absolute atomic E-state index is 12.6. The van der Waals surface area contributed by atoms with Gasteiger partial charge < -0.3 is 27.8 Å². The molecule has 2 atom stereocenters. The van der Waals surface area contributed by atoms with Crippen molar-refractivity contribution in [3.05, 3.63) is 0 Å². The number of aliphatic imine (C=N–C) groups is 1.